The second-order valence-corrected chi connectivity index (χ2v) is 20.2. The summed E-state index contributed by atoms with van der Waals surface area (Å²) in [4.78, 5) is 0. The second kappa shape index (κ2) is 15.2. The fourth-order valence-corrected chi connectivity index (χ4v) is 16.3. The maximum atomic E-state index is 6.76. The Morgan fingerprint density at radius 2 is 1.46 bits per heavy atom. The third-order valence-electron chi connectivity index (χ3n) is 9.28. The van der Waals surface area contributed by atoms with Crippen LogP contribution in [0.4, 0.5) is 0 Å². The van der Waals surface area contributed by atoms with Crippen molar-refractivity contribution in [3.8, 4) is 11.1 Å². The molecule has 2 aliphatic carbocycles. The van der Waals surface area contributed by atoms with Gasteiger partial charge in [-0.15, -0.1) is 0 Å². The molecule has 0 bridgehead atoms. The van der Waals surface area contributed by atoms with Crippen LogP contribution in [-0.2, 0) is 27.7 Å². The van der Waals surface area contributed by atoms with Crippen LogP contribution < -0.4 is 28.1 Å². The molecule has 6 rings (SSSR count). The minimum atomic E-state index is -2.97. The maximum absolute atomic E-state index is 6.76. The molecule has 0 aliphatic heterocycles. The van der Waals surface area contributed by atoms with Gasteiger partial charge in [-0.3, -0.25) is 0 Å². The third kappa shape index (κ3) is 7.46. The van der Waals surface area contributed by atoms with Gasteiger partial charge in [0.1, 0.15) is 0 Å². The first kappa shape index (κ1) is 37.1. The molecule has 0 radical (unpaired) electrons. The number of rotatable bonds is 7. The maximum Gasteiger partial charge on any atom is -1.00 e. The Bertz CT molecular complexity index is 1810. The van der Waals surface area contributed by atoms with E-state index < -0.39 is 21.3 Å². The van der Waals surface area contributed by atoms with Gasteiger partial charge in [-0.1, -0.05) is 0 Å². The van der Waals surface area contributed by atoms with E-state index in [1.807, 2.05) is 12.1 Å². The molecule has 0 N–H and O–H groups in total. The van der Waals surface area contributed by atoms with E-state index >= 15 is 0 Å². The predicted octanol–water partition coefficient (Wildman–Crippen LogP) is 5.38. The van der Waals surface area contributed by atoms with Crippen molar-refractivity contribution < 1.29 is 46.1 Å². The van der Waals surface area contributed by atoms with Crippen molar-refractivity contribution in [2.24, 2.45) is 11.3 Å². The Kier molecular flexibility index (Phi) is 12.3. The van der Waals surface area contributed by atoms with Crippen molar-refractivity contribution in [3.05, 3.63) is 143 Å². The summed E-state index contributed by atoms with van der Waals surface area (Å²) in [6, 6.07) is 28.9. The van der Waals surface area contributed by atoms with Gasteiger partial charge in [0.05, 0.1) is 0 Å². The average Bonchev–Trinajstić information content (AvgIpc) is 3.56. The van der Waals surface area contributed by atoms with E-state index in [-0.39, 0.29) is 30.2 Å². The summed E-state index contributed by atoms with van der Waals surface area (Å²) >= 11 is 10.5. The SMILES string of the molecule is CCCCC1C=C(C(C)(C)C)C=[C]1[Zr+2](=[C](c1cccc(Cl)c1)c1cccc(Cl)c1)[c]1c(C)ccc2c1Cc1cc(C)ccc1-2.[Cl-].[Cl-]. The predicted molar refractivity (Wildman–Crippen MR) is 189 cm³/mol. The summed E-state index contributed by atoms with van der Waals surface area (Å²) in [5, 5.41) is 1.55. The summed E-state index contributed by atoms with van der Waals surface area (Å²) < 4.78 is 4.78. The molecule has 5 heteroatoms. The Morgan fingerprint density at radius 3 is 2.04 bits per heavy atom. The van der Waals surface area contributed by atoms with E-state index in [0.29, 0.717) is 5.92 Å². The Hall–Kier alpha value is -1.73. The number of hydrogen-bond donors (Lipinski definition) is 0. The first-order valence-electron chi connectivity index (χ1n) is 16.0. The standard InChI is InChI=1S/C15H13.C13H8Cl2.C13H21.2ClH.Zr/c1-10-3-5-14-12(7-10)9-13-8-11(2)4-6-15(13)14;14-12-5-1-3-10(8-12)7-11-4-2-6-13(15)9-11;1-5-6-7-11-8-9-12(10-11)13(2,3)4;;;/h3-7H,9H2,1-2H3;1-6,8-9H;9-11H,5-7H2,1-4H3;2*1H;/q;;;;;+2/p-2. The summed E-state index contributed by atoms with van der Waals surface area (Å²) in [5.41, 5.74) is 12.6. The van der Waals surface area contributed by atoms with Gasteiger partial charge in [-0.25, -0.2) is 0 Å². The molecule has 4 aromatic carbocycles. The second-order valence-electron chi connectivity index (χ2n) is 13.6. The average molecular weight is 768 g/mol. The smallest absolute Gasteiger partial charge is 1.00 e. The summed E-state index contributed by atoms with van der Waals surface area (Å²) in [7, 11) is 0. The zero-order valence-electron chi connectivity index (χ0n) is 27.6. The van der Waals surface area contributed by atoms with E-state index in [1.54, 1.807) is 12.1 Å². The van der Waals surface area contributed by atoms with Crippen LogP contribution >= 0.6 is 23.2 Å². The van der Waals surface area contributed by atoms with E-state index in [1.165, 1.54) is 67.0 Å². The van der Waals surface area contributed by atoms with Gasteiger partial charge < -0.3 is 24.8 Å². The minimum absolute atomic E-state index is 0. The van der Waals surface area contributed by atoms with Crippen molar-refractivity contribution in [3.63, 3.8) is 0 Å². The monoisotopic (exact) mass is 764 g/mol. The van der Waals surface area contributed by atoms with Crippen LogP contribution in [0.5, 0.6) is 0 Å². The topological polar surface area (TPSA) is 0 Å². The van der Waals surface area contributed by atoms with E-state index in [9.17, 15) is 0 Å². The third-order valence-corrected chi connectivity index (χ3v) is 18.0. The Morgan fingerprint density at radius 1 is 0.826 bits per heavy atom. The number of aryl methyl sites for hydroxylation is 2. The van der Waals surface area contributed by atoms with Gasteiger partial charge in [0.2, 0.25) is 0 Å². The molecule has 0 aromatic heterocycles. The van der Waals surface area contributed by atoms with Gasteiger partial charge in [0.25, 0.3) is 0 Å². The van der Waals surface area contributed by atoms with E-state index in [4.69, 9.17) is 23.2 Å². The molecule has 2 aliphatic rings. The molecular formula is C41H42Cl4Zr. The minimum Gasteiger partial charge on any atom is -1.00 e. The molecule has 0 fully saturated rings. The number of halogens is 4. The van der Waals surface area contributed by atoms with E-state index in [2.05, 4.69) is 120 Å². The molecule has 0 nitrogen and oxygen atoms in total. The number of allylic oxidation sites excluding steroid dienone is 4. The number of benzene rings is 4. The first-order chi connectivity index (χ1) is 21.0. The number of unbranched alkanes of at least 4 members (excludes halogenated alkanes) is 1. The number of hydrogen-bond acceptors (Lipinski definition) is 0. The van der Waals surface area contributed by atoms with Gasteiger partial charge in [0.15, 0.2) is 0 Å². The molecular weight excluding hydrogens is 725 g/mol. The molecule has 1 unspecified atom stereocenters. The summed E-state index contributed by atoms with van der Waals surface area (Å²) in [6.45, 7) is 14.0. The van der Waals surface area contributed by atoms with Crippen LogP contribution in [0.1, 0.15) is 80.3 Å². The van der Waals surface area contributed by atoms with Crippen LogP contribution in [0.25, 0.3) is 11.1 Å². The quantitative estimate of drug-likeness (QED) is 0.209. The largest absolute Gasteiger partial charge is 1.00 e. The number of fused-ring (bicyclic) bond motifs is 3. The first-order valence-corrected chi connectivity index (χ1v) is 20.4. The fraction of sp³-hybridized carbons (Fsp3) is 0.293. The fourth-order valence-electron chi connectivity index (χ4n) is 7.04. The molecule has 0 heterocycles. The van der Waals surface area contributed by atoms with E-state index in [0.717, 1.165) is 16.5 Å². The van der Waals surface area contributed by atoms with Gasteiger partial charge in [0, 0.05) is 0 Å². The van der Waals surface area contributed by atoms with Crippen LogP contribution in [0.3, 0.4) is 0 Å². The zero-order chi connectivity index (χ0) is 31.2. The van der Waals surface area contributed by atoms with Gasteiger partial charge in [-0.05, 0) is 0 Å². The zero-order valence-corrected chi connectivity index (χ0v) is 33.1. The van der Waals surface area contributed by atoms with Crippen molar-refractivity contribution >= 4 is 29.7 Å². The normalized spacial score (nSPS) is 14.6. The molecule has 238 valence electrons. The van der Waals surface area contributed by atoms with Crippen molar-refractivity contribution in [2.75, 3.05) is 0 Å². The molecule has 0 saturated carbocycles. The van der Waals surface area contributed by atoms with Crippen molar-refractivity contribution in [1.82, 2.24) is 0 Å². The molecule has 4 aromatic rings. The van der Waals surface area contributed by atoms with Crippen LogP contribution in [0.2, 0.25) is 10.0 Å². The molecule has 1 atom stereocenters. The van der Waals surface area contributed by atoms with Gasteiger partial charge >= 0.3 is 284 Å². The van der Waals surface area contributed by atoms with Crippen LogP contribution in [0, 0.1) is 25.2 Å². The van der Waals surface area contributed by atoms with Gasteiger partial charge in [-0.2, -0.15) is 0 Å². The molecule has 0 amide bonds. The Balaban J connectivity index is 0.00000240. The molecule has 46 heavy (non-hydrogen) atoms. The van der Waals surface area contributed by atoms with Crippen molar-refractivity contribution in [2.45, 2.75) is 67.2 Å². The summed E-state index contributed by atoms with van der Waals surface area (Å²) in [6.07, 6.45) is 9.88. The van der Waals surface area contributed by atoms with Crippen LogP contribution in [0.15, 0.2) is 99.9 Å². The Labute approximate surface area is 306 Å². The summed E-state index contributed by atoms with van der Waals surface area (Å²) in [5.74, 6) is 0.452. The molecule has 0 saturated heterocycles. The molecule has 0 spiro atoms. The van der Waals surface area contributed by atoms with Crippen LogP contribution in [-0.4, -0.2) is 3.21 Å². The van der Waals surface area contributed by atoms with Crippen molar-refractivity contribution in [1.29, 1.82) is 0 Å².